The summed E-state index contributed by atoms with van der Waals surface area (Å²) in [7, 11) is 1.37. The molecule has 2 aliphatic rings. The summed E-state index contributed by atoms with van der Waals surface area (Å²) in [5.74, 6) is -1.48. The van der Waals surface area contributed by atoms with Gasteiger partial charge < -0.3 is 15.0 Å². The minimum atomic E-state index is -1.03. The van der Waals surface area contributed by atoms with Crippen molar-refractivity contribution in [3.8, 4) is 0 Å². The summed E-state index contributed by atoms with van der Waals surface area (Å²) < 4.78 is 5.31. The van der Waals surface area contributed by atoms with Crippen LogP contribution >= 0.6 is 34.5 Å². The number of rotatable bonds is 7. The SMILES string of the molecule is COC(=O)[C@@]12C[C@H](CC(=O)NCc3cccs3)C(=O)N(Cc3ccc(Cl)cc3Cl)C1=CCC(C)(C)C2. The van der Waals surface area contributed by atoms with Gasteiger partial charge in [0.2, 0.25) is 11.8 Å². The van der Waals surface area contributed by atoms with Crippen LogP contribution in [-0.4, -0.2) is 29.8 Å². The number of methoxy groups -OCH3 is 1. The topological polar surface area (TPSA) is 75.7 Å². The van der Waals surface area contributed by atoms with Gasteiger partial charge in [-0.25, -0.2) is 0 Å². The first kappa shape index (κ1) is 26.7. The quantitative estimate of drug-likeness (QED) is 0.432. The van der Waals surface area contributed by atoms with Crippen molar-refractivity contribution in [1.29, 1.82) is 0 Å². The number of hydrogen-bond donors (Lipinski definition) is 1. The van der Waals surface area contributed by atoms with E-state index in [0.717, 1.165) is 4.88 Å². The smallest absolute Gasteiger partial charge is 0.317 e. The van der Waals surface area contributed by atoms with Crippen LogP contribution in [0.2, 0.25) is 10.0 Å². The maximum Gasteiger partial charge on any atom is 0.317 e. The summed E-state index contributed by atoms with van der Waals surface area (Å²) in [4.78, 5) is 42.8. The number of ether oxygens (including phenoxy) is 1. The van der Waals surface area contributed by atoms with Gasteiger partial charge in [0.05, 0.1) is 20.2 Å². The van der Waals surface area contributed by atoms with Crippen LogP contribution in [0.25, 0.3) is 0 Å². The van der Waals surface area contributed by atoms with E-state index in [1.54, 1.807) is 34.4 Å². The van der Waals surface area contributed by atoms with Crippen molar-refractivity contribution in [2.75, 3.05) is 7.11 Å². The van der Waals surface area contributed by atoms with E-state index in [-0.39, 0.29) is 42.6 Å². The zero-order valence-electron chi connectivity index (χ0n) is 20.6. The maximum atomic E-state index is 13.8. The van der Waals surface area contributed by atoms with Gasteiger partial charge in [0, 0.05) is 33.0 Å². The molecule has 1 N–H and O–H groups in total. The molecule has 2 heterocycles. The first-order chi connectivity index (χ1) is 17.0. The van der Waals surface area contributed by atoms with Gasteiger partial charge in [-0.3, -0.25) is 14.4 Å². The molecule has 0 saturated carbocycles. The highest BCUT2D eigenvalue weighted by Crippen LogP contribution is 2.55. The van der Waals surface area contributed by atoms with Crippen molar-refractivity contribution in [3.63, 3.8) is 0 Å². The fourth-order valence-corrected chi connectivity index (χ4v) is 6.55. The summed E-state index contributed by atoms with van der Waals surface area (Å²) in [6.07, 6.45) is 3.43. The molecule has 2 aromatic rings. The second-order valence-corrected chi connectivity index (χ2v) is 12.2. The van der Waals surface area contributed by atoms with Gasteiger partial charge >= 0.3 is 5.97 Å². The number of esters is 1. The molecule has 1 saturated heterocycles. The Balaban J connectivity index is 1.68. The second-order valence-electron chi connectivity index (χ2n) is 10.3. The number of likely N-dealkylation sites (tertiary alicyclic amines) is 1. The molecule has 0 bridgehead atoms. The first-order valence-corrected chi connectivity index (χ1v) is 13.5. The molecular formula is C27H30Cl2N2O4S. The van der Waals surface area contributed by atoms with Crippen LogP contribution in [0.1, 0.15) is 50.0 Å². The standard InChI is InChI=1S/C27H30Cl2N2O4S/c1-26(2)9-8-22-27(16-26,25(34)35-3)13-18(11-23(32)30-14-20-5-4-10-36-20)24(33)31(22)15-17-6-7-19(28)12-21(17)29/h4-8,10,12,18H,9,11,13-16H2,1-3H3,(H,30,32)/t18-,27+/m0/s1. The van der Waals surface area contributed by atoms with Crippen molar-refractivity contribution in [2.24, 2.45) is 16.7 Å². The molecule has 192 valence electrons. The summed E-state index contributed by atoms with van der Waals surface area (Å²) in [6.45, 7) is 4.78. The normalized spacial score (nSPS) is 23.0. The van der Waals surface area contributed by atoms with Crippen molar-refractivity contribution in [3.05, 3.63) is 68.0 Å². The predicted octanol–water partition coefficient (Wildman–Crippen LogP) is 5.97. The monoisotopic (exact) mass is 548 g/mol. The number of piperidine rings is 1. The molecule has 9 heteroatoms. The predicted molar refractivity (Wildman–Crippen MR) is 141 cm³/mol. The Morgan fingerprint density at radius 2 is 2.03 bits per heavy atom. The Labute approximate surface area is 225 Å². The third-order valence-corrected chi connectivity index (χ3v) is 8.47. The number of allylic oxidation sites excluding steroid dienone is 1. The highest BCUT2D eigenvalue weighted by molar-refractivity contribution is 7.09. The number of carbonyl (C=O) groups excluding carboxylic acids is 3. The molecular weight excluding hydrogens is 519 g/mol. The lowest BCUT2D eigenvalue weighted by molar-refractivity contribution is -0.162. The Morgan fingerprint density at radius 3 is 2.69 bits per heavy atom. The lowest BCUT2D eigenvalue weighted by Crippen LogP contribution is -2.55. The highest BCUT2D eigenvalue weighted by Gasteiger charge is 2.57. The average molecular weight is 550 g/mol. The van der Waals surface area contributed by atoms with Crippen molar-refractivity contribution < 1.29 is 19.1 Å². The van der Waals surface area contributed by atoms with Crippen molar-refractivity contribution >= 4 is 52.3 Å². The van der Waals surface area contributed by atoms with Gasteiger partial charge in [0.1, 0.15) is 5.41 Å². The summed E-state index contributed by atoms with van der Waals surface area (Å²) in [5.41, 5.74) is 0.150. The van der Waals surface area contributed by atoms with Gasteiger partial charge in [-0.05, 0) is 53.8 Å². The Bertz CT molecular complexity index is 1190. The van der Waals surface area contributed by atoms with Crippen LogP contribution < -0.4 is 5.32 Å². The van der Waals surface area contributed by atoms with Gasteiger partial charge in [0.25, 0.3) is 0 Å². The number of nitrogens with one attached hydrogen (secondary N) is 1. The van der Waals surface area contributed by atoms with Crippen LogP contribution in [0.3, 0.4) is 0 Å². The number of hydrogen-bond acceptors (Lipinski definition) is 5. The summed E-state index contributed by atoms with van der Waals surface area (Å²) >= 11 is 14.1. The largest absolute Gasteiger partial charge is 0.468 e. The van der Waals surface area contributed by atoms with Gasteiger partial charge in [-0.15, -0.1) is 11.3 Å². The van der Waals surface area contributed by atoms with Gasteiger partial charge in [0.15, 0.2) is 0 Å². The summed E-state index contributed by atoms with van der Waals surface area (Å²) in [6, 6.07) is 9.01. The molecule has 6 nitrogen and oxygen atoms in total. The molecule has 0 spiro atoms. The molecule has 2 atom stereocenters. The van der Waals surface area contributed by atoms with E-state index in [1.165, 1.54) is 7.11 Å². The zero-order chi connectivity index (χ0) is 26.1. The van der Waals surface area contributed by atoms with E-state index in [1.807, 2.05) is 23.6 Å². The zero-order valence-corrected chi connectivity index (χ0v) is 22.9. The Kier molecular flexibility index (Phi) is 7.83. The number of nitrogens with zero attached hydrogens (tertiary/aromatic N) is 1. The average Bonchev–Trinajstić information content (AvgIpc) is 3.34. The van der Waals surface area contributed by atoms with Crippen LogP contribution in [-0.2, 0) is 32.2 Å². The first-order valence-electron chi connectivity index (χ1n) is 11.9. The van der Waals surface area contributed by atoms with E-state index < -0.39 is 11.3 Å². The van der Waals surface area contributed by atoms with Gasteiger partial charge in [-0.1, -0.05) is 55.3 Å². The molecule has 1 aromatic heterocycles. The molecule has 1 fully saturated rings. The van der Waals surface area contributed by atoms with Crippen LogP contribution in [0.4, 0.5) is 0 Å². The number of amides is 2. The minimum absolute atomic E-state index is 0.0124. The van der Waals surface area contributed by atoms with E-state index in [9.17, 15) is 14.4 Å². The van der Waals surface area contributed by atoms with Crippen molar-refractivity contribution in [1.82, 2.24) is 10.2 Å². The lowest BCUT2D eigenvalue weighted by atomic mass is 9.59. The van der Waals surface area contributed by atoms with E-state index in [2.05, 4.69) is 19.2 Å². The molecule has 1 aliphatic heterocycles. The molecule has 1 aliphatic carbocycles. The van der Waals surface area contributed by atoms with Crippen LogP contribution in [0, 0.1) is 16.7 Å². The number of thiophene rings is 1. The number of benzene rings is 1. The highest BCUT2D eigenvalue weighted by atomic mass is 35.5. The van der Waals surface area contributed by atoms with Gasteiger partial charge in [-0.2, -0.15) is 0 Å². The number of fused-ring (bicyclic) bond motifs is 1. The van der Waals surface area contributed by atoms with Crippen LogP contribution in [0.5, 0.6) is 0 Å². The van der Waals surface area contributed by atoms with Crippen LogP contribution in [0.15, 0.2) is 47.5 Å². The summed E-state index contributed by atoms with van der Waals surface area (Å²) in [5, 5.41) is 5.79. The third kappa shape index (κ3) is 5.48. The second kappa shape index (κ2) is 10.6. The molecule has 4 rings (SSSR count). The van der Waals surface area contributed by atoms with Crippen molar-refractivity contribution in [2.45, 2.75) is 52.6 Å². The van der Waals surface area contributed by atoms with E-state index in [0.29, 0.717) is 40.7 Å². The minimum Gasteiger partial charge on any atom is -0.468 e. The fraction of sp³-hybridized carbons (Fsp3) is 0.444. The lowest BCUT2D eigenvalue weighted by Gasteiger charge is -2.51. The molecule has 1 aromatic carbocycles. The Hall–Kier alpha value is -2.35. The molecule has 36 heavy (non-hydrogen) atoms. The number of carbonyl (C=O) groups is 3. The molecule has 0 radical (unpaired) electrons. The molecule has 2 amide bonds. The van der Waals surface area contributed by atoms with E-state index in [4.69, 9.17) is 27.9 Å². The maximum absolute atomic E-state index is 13.8. The number of halogens is 2. The van der Waals surface area contributed by atoms with E-state index >= 15 is 0 Å². The third-order valence-electron chi connectivity index (χ3n) is 7.01. The molecule has 0 unspecified atom stereocenters. The Morgan fingerprint density at radius 1 is 1.25 bits per heavy atom. The fourth-order valence-electron chi connectivity index (χ4n) is 5.43.